The van der Waals surface area contributed by atoms with Crippen LogP contribution >= 0.6 is 11.3 Å². The third-order valence-electron chi connectivity index (χ3n) is 3.44. The highest BCUT2D eigenvalue weighted by atomic mass is 32.1. The zero-order chi connectivity index (χ0) is 14.6. The minimum absolute atomic E-state index is 0.240. The molecule has 1 aromatic rings. The van der Waals surface area contributed by atoms with Gasteiger partial charge >= 0.3 is 5.97 Å². The predicted molar refractivity (Wildman–Crippen MR) is 79.2 cm³/mol. The minimum atomic E-state index is -0.712. The van der Waals surface area contributed by atoms with E-state index in [0.29, 0.717) is 6.61 Å². The van der Waals surface area contributed by atoms with Crippen molar-refractivity contribution in [3.63, 3.8) is 0 Å². The van der Waals surface area contributed by atoms with E-state index in [0.717, 1.165) is 36.8 Å². The van der Waals surface area contributed by atoms with Gasteiger partial charge in [-0.15, -0.1) is 11.3 Å². The van der Waals surface area contributed by atoms with Gasteiger partial charge in [0, 0.05) is 18.5 Å². The summed E-state index contributed by atoms with van der Waals surface area (Å²) < 4.78 is 10.7. The van der Waals surface area contributed by atoms with Gasteiger partial charge < -0.3 is 14.8 Å². The number of nitrogens with zero attached hydrogens (tertiary/aromatic N) is 1. The monoisotopic (exact) mass is 298 g/mol. The van der Waals surface area contributed by atoms with Gasteiger partial charge in [0.2, 0.25) is 0 Å². The molecule has 0 bridgehead atoms. The van der Waals surface area contributed by atoms with E-state index >= 15 is 0 Å². The highest BCUT2D eigenvalue weighted by Gasteiger charge is 2.34. The number of anilines is 1. The molecule has 1 saturated heterocycles. The summed E-state index contributed by atoms with van der Waals surface area (Å²) >= 11 is 1.51. The van der Waals surface area contributed by atoms with Gasteiger partial charge in [-0.1, -0.05) is 0 Å². The van der Waals surface area contributed by atoms with Gasteiger partial charge in [-0.25, -0.2) is 4.98 Å². The van der Waals surface area contributed by atoms with Crippen LogP contribution in [0.2, 0.25) is 0 Å². The van der Waals surface area contributed by atoms with Crippen molar-refractivity contribution >= 4 is 22.4 Å². The molecule has 0 saturated carbocycles. The fraction of sp³-hybridized carbons (Fsp3) is 0.714. The molecule has 1 aromatic heterocycles. The molecule has 0 spiro atoms. The van der Waals surface area contributed by atoms with E-state index in [1.165, 1.54) is 11.3 Å². The Kier molecular flexibility index (Phi) is 4.99. The van der Waals surface area contributed by atoms with E-state index < -0.39 is 5.41 Å². The first-order chi connectivity index (χ1) is 9.54. The molecular formula is C14H22N2O3S. The number of aromatic nitrogens is 1. The second-order valence-corrected chi connectivity index (χ2v) is 6.26. The lowest BCUT2D eigenvalue weighted by Crippen LogP contribution is -2.31. The quantitative estimate of drug-likeness (QED) is 0.818. The van der Waals surface area contributed by atoms with E-state index in [9.17, 15) is 4.79 Å². The summed E-state index contributed by atoms with van der Waals surface area (Å²) in [5, 5.41) is 6.02. The van der Waals surface area contributed by atoms with Crippen molar-refractivity contribution in [1.29, 1.82) is 0 Å². The van der Waals surface area contributed by atoms with Crippen LogP contribution in [0.15, 0.2) is 5.38 Å². The molecule has 0 aromatic carbocycles. The number of ether oxygens (including phenoxy) is 2. The average Bonchev–Trinajstić information content (AvgIpc) is 3.08. The van der Waals surface area contributed by atoms with E-state index in [4.69, 9.17) is 9.47 Å². The second kappa shape index (κ2) is 6.54. The topological polar surface area (TPSA) is 60.5 Å². The molecule has 1 aliphatic rings. The molecule has 0 aliphatic carbocycles. The third kappa shape index (κ3) is 3.49. The molecule has 1 unspecified atom stereocenters. The molecule has 1 fully saturated rings. The zero-order valence-electron chi connectivity index (χ0n) is 12.3. The summed E-state index contributed by atoms with van der Waals surface area (Å²) in [5.41, 5.74) is 0.0341. The fourth-order valence-corrected chi connectivity index (χ4v) is 2.95. The number of rotatable bonds is 6. The van der Waals surface area contributed by atoms with E-state index in [2.05, 4.69) is 10.3 Å². The lowest BCUT2D eigenvalue weighted by Gasteiger charge is -2.19. The van der Waals surface area contributed by atoms with Gasteiger partial charge in [0.05, 0.1) is 18.4 Å². The van der Waals surface area contributed by atoms with E-state index in [1.807, 2.05) is 26.2 Å². The molecule has 6 heteroatoms. The van der Waals surface area contributed by atoms with Crippen LogP contribution in [0.25, 0.3) is 0 Å². The number of nitrogens with one attached hydrogen (secondary N) is 1. The van der Waals surface area contributed by atoms with Crippen LogP contribution in [0.3, 0.4) is 0 Å². The van der Waals surface area contributed by atoms with Crippen molar-refractivity contribution in [2.24, 2.45) is 0 Å². The summed E-state index contributed by atoms with van der Waals surface area (Å²) in [6.07, 6.45) is 2.51. The molecule has 5 nitrogen and oxygen atoms in total. The van der Waals surface area contributed by atoms with Crippen LogP contribution in [0.5, 0.6) is 0 Å². The summed E-state index contributed by atoms with van der Waals surface area (Å²) in [7, 11) is 0. The van der Waals surface area contributed by atoms with Gasteiger partial charge in [0.15, 0.2) is 5.13 Å². The largest absolute Gasteiger partial charge is 0.465 e. The van der Waals surface area contributed by atoms with Crippen LogP contribution in [0.1, 0.15) is 39.3 Å². The Bertz CT molecular complexity index is 453. The standard InChI is InChI=1S/C14H22N2O3S/c1-4-18-12(17)14(2,3)11-9-20-13(16-11)15-8-10-6-5-7-19-10/h9-10H,4-8H2,1-3H3,(H,15,16). The summed E-state index contributed by atoms with van der Waals surface area (Å²) in [6, 6.07) is 0. The smallest absolute Gasteiger partial charge is 0.317 e. The van der Waals surface area contributed by atoms with Crippen molar-refractivity contribution in [2.45, 2.75) is 45.1 Å². The van der Waals surface area contributed by atoms with Gasteiger partial charge in [-0.2, -0.15) is 0 Å². The molecule has 20 heavy (non-hydrogen) atoms. The Hall–Kier alpha value is -1.14. The Morgan fingerprint density at radius 2 is 2.45 bits per heavy atom. The molecule has 1 N–H and O–H groups in total. The van der Waals surface area contributed by atoms with Gasteiger partial charge in [0.1, 0.15) is 5.41 Å². The normalized spacial score (nSPS) is 19.1. The Balaban J connectivity index is 1.95. The number of hydrogen-bond donors (Lipinski definition) is 1. The molecule has 1 atom stereocenters. The first kappa shape index (κ1) is 15.3. The fourth-order valence-electron chi connectivity index (χ4n) is 2.06. The number of carbonyl (C=O) groups is 1. The van der Waals surface area contributed by atoms with E-state index in [1.54, 1.807) is 0 Å². The number of esters is 1. The Morgan fingerprint density at radius 3 is 3.10 bits per heavy atom. The van der Waals surface area contributed by atoms with E-state index in [-0.39, 0.29) is 12.1 Å². The molecule has 0 radical (unpaired) electrons. The SMILES string of the molecule is CCOC(=O)C(C)(C)c1csc(NCC2CCCO2)n1. The minimum Gasteiger partial charge on any atom is -0.465 e. The Morgan fingerprint density at radius 1 is 1.65 bits per heavy atom. The van der Waals surface area contributed by atoms with Crippen molar-refractivity contribution in [1.82, 2.24) is 4.98 Å². The maximum Gasteiger partial charge on any atom is 0.317 e. The summed E-state index contributed by atoms with van der Waals surface area (Å²) in [6.45, 7) is 7.49. The molecular weight excluding hydrogens is 276 g/mol. The maximum atomic E-state index is 11.9. The highest BCUT2D eigenvalue weighted by molar-refractivity contribution is 7.13. The van der Waals surface area contributed by atoms with Crippen molar-refractivity contribution in [3.05, 3.63) is 11.1 Å². The van der Waals surface area contributed by atoms with Crippen molar-refractivity contribution in [3.8, 4) is 0 Å². The summed E-state index contributed by atoms with van der Waals surface area (Å²) in [5.74, 6) is -0.240. The van der Waals surface area contributed by atoms with Crippen LogP contribution in [-0.4, -0.2) is 36.8 Å². The van der Waals surface area contributed by atoms with Crippen LogP contribution in [0, 0.1) is 0 Å². The number of hydrogen-bond acceptors (Lipinski definition) is 6. The second-order valence-electron chi connectivity index (χ2n) is 5.40. The molecule has 2 rings (SSSR count). The lowest BCUT2D eigenvalue weighted by molar-refractivity contribution is -0.148. The van der Waals surface area contributed by atoms with Crippen LogP contribution in [-0.2, 0) is 19.7 Å². The first-order valence-electron chi connectivity index (χ1n) is 7.02. The molecule has 2 heterocycles. The van der Waals surface area contributed by atoms with Crippen LogP contribution < -0.4 is 5.32 Å². The number of carbonyl (C=O) groups excluding carboxylic acids is 1. The Labute approximate surface area is 123 Å². The van der Waals surface area contributed by atoms with Gasteiger partial charge in [-0.3, -0.25) is 4.79 Å². The van der Waals surface area contributed by atoms with Gasteiger partial charge in [-0.05, 0) is 33.6 Å². The predicted octanol–water partition coefficient (Wildman–Crippen LogP) is 2.57. The zero-order valence-corrected chi connectivity index (χ0v) is 13.1. The molecule has 0 amide bonds. The average molecular weight is 298 g/mol. The highest BCUT2D eigenvalue weighted by Crippen LogP contribution is 2.28. The molecule has 1 aliphatic heterocycles. The first-order valence-corrected chi connectivity index (χ1v) is 7.90. The number of thiazole rings is 1. The summed E-state index contributed by atoms with van der Waals surface area (Å²) in [4.78, 5) is 16.4. The third-order valence-corrected chi connectivity index (χ3v) is 4.24. The van der Waals surface area contributed by atoms with Crippen molar-refractivity contribution < 1.29 is 14.3 Å². The lowest BCUT2D eigenvalue weighted by atomic mass is 9.90. The molecule has 112 valence electrons. The maximum absolute atomic E-state index is 11.9. The van der Waals surface area contributed by atoms with Crippen molar-refractivity contribution in [2.75, 3.05) is 25.1 Å². The van der Waals surface area contributed by atoms with Gasteiger partial charge in [0.25, 0.3) is 0 Å². The van der Waals surface area contributed by atoms with Crippen LogP contribution in [0.4, 0.5) is 5.13 Å².